The Morgan fingerprint density at radius 1 is 0.974 bits per heavy atom. The van der Waals surface area contributed by atoms with Crippen LogP contribution < -0.4 is 15.8 Å². The maximum atomic E-state index is 13.6. The van der Waals surface area contributed by atoms with Crippen molar-refractivity contribution < 1.29 is 5.11 Å². The number of anilines is 3. The molecule has 0 bridgehead atoms. The van der Waals surface area contributed by atoms with E-state index in [1.807, 2.05) is 28.9 Å². The third-order valence-corrected chi connectivity index (χ3v) is 7.86. The van der Waals surface area contributed by atoms with Crippen LogP contribution in [0, 0.1) is 0 Å². The first-order chi connectivity index (χ1) is 18.8. The number of pyridine rings is 1. The van der Waals surface area contributed by atoms with Gasteiger partial charge in [-0.3, -0.25) is 4.79 Å². The van der Waals surface area contributed by atoms with Crippen LogP contribution in [0.5, 0.6) is 0 Å². The van der Waals surface area contributed by atoms with Crippen LogP contribution in [-0.4, -0.2) is 67.5 Å². The monoisotopic (exact) mass is 528 g/mol. The van der Waals surface area contributed by atoms with Crippen LogP contribution in [0.1, 0.15) is 51.3 Å². The van der Waals surface area contributed by atoms with Gasteiger partial charge in [-0.05, 0) is 70.1 Å². The fourth-order valence-electron chi connectivity index (χ4n) is 5.59. The number of rotatable bonds is 6. The quantitative estimate of drug-likeness (QED) is 0.389. The Morgan fingerprint density at radius 2 is 1.69 bits per heavy atom. The van der Waals surface area contributed by atoms with Gasteiger partial charge in [0.1, 0.15) is 11.0 Å². The molecule has 2 aliphatic rings. The van der Waals surface area contributed by atoms with E-state index in [-0.39, 0.29) is 11.6 Å². The first-order valence-electron chi connectivity index (χ1n) is 13.8. The number of hydrogen-bond donors (Lipinski definition) is 2. The van der Waals surface area contributed by atoms with Gasteiger partial charge in [0.25, 0.3) is 5.56 Å². The number of likely N-dealkylation sites (N-methyl/N-ethyl adjacent to an activating group) is 1. The lowest BCUT2D eigenvalue weighted by molar-refractivity contribution is 0.0738. The van der Waals surface area contributed by atoms with E-state index in [0.717, 1.165) is 57.5 Å². The molecule has 4 heterocycles. The van der Waals surface area contributed by atoms with E-state index in [9.17, 15) is 9.90 Å². The van der Waals surface area contributed by atoms with Crippen molar-refractivity contribution in [1.29, 1.82) is 0 Å². The third kappa shape index (κ3) is 5.02. The van der Waals surface area contributed by atoms with Crippen molar-refractivity contribution in [3.63, 3.8) is 0 Å². The Balaban J connectivity index is 1.37. The van der Waals surface area contributed by atoms with Crippen molar-refractivity contribution >= 4 is 28.4 Å². The molecule has 4 aromatic rings. The molecule has 0 atom stereocenters. The van der Waals surface area contributed by atoms with Crippen LogP contribution >= 0.6 is 0 Å². The van der Waals surface area contributed by atoms with Gasteiger partial charge in [-0.25, -0.2) is 19.3 Å². The van der Waals surface area contributed by atoms with Crippen molar-refractivity contribution in [1.82, 2.24) is 29.2 Å². The molecule has 3 aromatic heterocycles. The molecule has 2 fully saturated rings. The Labute approximate surface area is 227 Å². The van der Waals surface area contributed by atoms with Crippen LogP contribution in [0.15, 0.2) is 53.5 Å². The van der Waals surface area contributed by atoms with Gasteiger partial charge in [0.05, 0.1) is 11.7 Å². The van der Waals surface area contributed by atoms with Gasteiger partial charge in [0.2, 0.25) is 5.95 Å². The zero-order valence-electron chi connectivity index (χ0n) is 22.8. The minimum atomic E-state index is -1.12. The minimum Gasteiger partial charge on any atom is -0.384 e. The smallest absolute Gasteiger partial charge is 0.278 e. The van der Waals surface area contributed by atoms with Crippen LogP contribution in [0.2, 0.25) is 0 Å². The van der Waals surface area contributed by atoms with E-state index in [2.05, 4.69) is 39.3 Å². The highest BCUT2D eigenvalue weighted by molar-refractivity contribution is 5.77. The second-order valence-corrected chi connectivity index (χ2v) is 11.2. The van der Waals surface area contributed by atoms with E-state index >= 15 is 0 Å². The zero-order valence-corrected chi connectivity index (χ0v) is 22.8. The van der Waals surface area contributed by atoms with Gasteiger partial charge in [-0.2, -0.15) is 4.98 Å². The highest BCUT2D eigenvalue weighted by Crippen LogP contribution is 2.31. The van der Waals surface area contributed by atoms with Crippen LogP contribution in [0.4, 0.5) is 17.3 Å². The molecule has 1 saturated heterocycles. The van der Waals surface area contributed by atoms with Gasteiger partial charge < -0.3 is 20.2 Å². The lowest BCUT2D eigenvalue weighted by Gasteiger charge is -2.34. The van der Waals surface area contributed by atoms with Crippen LogP contribution in [0.25, 0.3) is 16.9 Å². The summed E-state index contributed by atoms with van der Waals surface area (Å²) >= 11 is 0. The van der Waals surface area contributed by atoms with Crippen molar-refractivity contribution in [3.8, 4) is 5.82 Å². The number of nitrogens with one attached hydrogen (secondary N) is 1. The fourth-order valence-corrected chi connectivity index (χ4v) is 5.59. The van der Waals surface area contributed by atoms with Gasteiger partial charge in [-0.1, -0.05) is 18.9 Å². The first-order valence-corrected chi connectivity index (χ1v) is 13.8. The number of aliphatic hydroxyl groups is 1. The summed E-state index contributed by atoms with van der Waals surface area (Å²) in [6.07, 6.45) is 5.63. The average molecular weight is 529 g/mol. The molecule has 0 amide bonds. The normalized spacial score (nSPS) is 17.3. The summed E-state index contributed by atoms with van der Waals surface area (Å²) in [5.41, 5.74) is 1.87. The maximum absolute atomic E-state index is 13.6. The lowest BCUT2D eigenvalue weighted by atomic mass is 10.1. The van der Waals surface area contributed by atoms with Crippen molar-refractivity contribution in [2.24, 2.45) is 0 Å². The number of fused-ring (bicyclic) bond motifs is 1. The number of hydrogen-bond acceptors (Lipinski definition) is 8. The summed E-state index contributed by atoms with van der Waals surface area (Å²) in [5, 5.41) is 14.4. The van der Waals surface area contributed by atoms with Gasteiger partial charge in [-0.15, -0.1) is 0 Å². The first kappa shape index (κ1) is 25.5. The van der Waals surface area contributed by atoms with Gasteiger partial charge in [0, 0.05) is 43.8 Å². The highest BCUT2D eigenvalue weighted by Gasteiger charge is 2.27. The van der Waals surface area contributed by atoms with E-state index in [1.165, 1.54) is 5.69 Å². The molecule has 1 aromatic carbocycles. The molecular formula is C29H36N8O2. The highest BCUT2D eigenvalue weighted by atomic mass is 16.3. The summed E-state index contributed by atoms with van der Waals surface area (Å²) in [4.78, 5) is 32.4. The summed E-state index contributed by atoms with van der Waals surface area (Å²) in [6.45, 7) is 7.56. The SMILES string of the molecule is CN1CCN(c2ccc(Nc3ncc4c(=O)n(C5CCCC5)n(-c5cccc(C(C)(C)O)n5)c4n3)cc2)CC1. The summed E-state index contributed by atoms with van der Waals surface area (Å²) in [5.74, 6) is 0.959. The average Bonchev–Trinajstić information content (AvgIpc) is 3.55. The molecule has 1 aliphatic carbocycles. The second kappa shape index (κ2) is 10.1. The Bertz CT molecular complexity index is 1520. The van der Waals surface area contributed by atoms with E-state index in [1.54, 1.807) is 30.8 Å². The number of piperazine rings is 1. The molecule has 1 saturated carbocycles. The van der Waals surface area contributed by atoms with Crippen molar-refractivity contribution in [2.75, 3.05) is 43.4 Å². The van der Waals surface area contributed by atoms with Crippen molar-refractivity contribution in [2.45, 2.75) is 51.2 Å². The molecule has 0 spiro atoms. The predicted molar refractivity (Wildman–Crippen MR) is 153 cm³/mol. The Hall–Kier alpha value is -3.76. The minimum absolute atomic E-state index is 0.0674. The zero-order chi connectivity index (χ0) is 27.1. The summed E-state index contributed by atoms with van der Waals surface area (Å²) < 4.78 is 3.60. The van der Waals surface area contributed by atoms with Crippen LogP contribution in [0.3, 0.4) is 0 Å². The molecular weight excluding hydrogens is 492 g/mol. The molecule has 10 nitrogen and oxygen atoms in total. The second-order valence-electron chi connectivity index (χ2n) is 11.2. The topological polar surface area (TPSA) is 104 Å². The molecule has 204 valence electrons. The number of aromatic nitrogens is 5. The molecule has 10 heteroatoms. The van der Waals surface area contributed by atoms with E-state index in [4.69, 9.17) is 9.97 Å². The number of nitrogens with zero attached hydrogens (tertiary/aromatic N) is 7. The van der Waals surface area contributed by atoms with Crippen molar-refractivity contribution in [3.05, 3.63) is 64.7 Å². The Kier molecular flexibility index (Phi) is 6.60. The summed E-state index contributed by atoms with van der Waals surface area (Å²) in [7, 11) is 2.16. The Morgan fingerprint density at radius 3 is 2.38 bits per heavy atom. The van der Waals surface area contributed by atoms with Crippen LogP contribution in [-0.2, 0) is 5.60 Å². The van der Waals surface area contributed by atoms with Gasteiger partial charge >= 0.3 is 0 Å². The lowest BCUT2D eigenvalue weighted by Crippen LogP contribution is -2.44. The third-order valence-electron chi connectivity index (χ3n) is 7.86. The maximum Gasteiger partial charge on any atom is 0.278 e. The molecule has 0 unspecified atom stereocenters. The molecule has 2 N–H and O–H groups in total. The van der Waals surface area contributed by atoms with E-state index in [0.29, 0.717) is 28.5 Å². The number of benzene rings is 1. The molecule has 39 heavy (non-hydrogen) atoms. The standard InChI is InChI=1S/C29H36N8O2/c1-29(2,39)24-9-6-10-25(32-24)37-26-23(27(38)36(37)22-7-4-5-8-22)19-30-28(33-26)31-20-11-13-21(14-12-20)35-17-15-34(3)16-18-35/h6,9-14,19,22,39H,4-5,7-8,15-18H2,1-3H3,(H,30,31,33). The molecule has 6 rings (SSSR count). The molecule has 0 radical (unpaired) electrons. The largest absolute Gasteiger partial charge is 0.384 e. The van der Waals surface area contributed by atoms with E-state index < -0.39 is 5.60 Å². The summed E-state index contributed by atoms with van der Waals surface area (Å²) in [6, 6.07) is 13.9. The fraction of sp³-hybridized carbons (Fsp3) is 0.448. The van der Waals surface area contributed by atoms with Gasteiger partial charge in [0.15, 0.2) is 11.5 Å². The molecule has 1 aliphatic heterocycles. The predicted octanol–water partition coefficient (Wildman–Crippen LogP) is 3.82.